The van der Waals surface area contributed by atoms with Crippen molar-refractivity contribution in [3.63, 3.8) is 0 Å². The Bertz CT molecular complexity index is 480. The van der Waals surface area contributed by atoms with Gasteiger partial charge in [0.05, 0.1) is 0 Å². The van der Waals surface area contributed by atoms with Crippen LogP contribution in [-0.4, -0.2) is 11.8 Å². The lowest BCUT2D eigenvalue weighted by Gasteiger charge is -2.26. The molecule has 2 saturated carbocycles. The molecule has 96 valence electrons. The first-order valence-electron chi connectivity index (χ1n) is 6.32. The van der Waals surface area contributed by atoms with Gasteiger partial charge in [-0.15, -0.1) is 0 Å². The molecule has 0 radical (unpaired) electrons. The molecule has 2 bridgehead atoms. The average molecular weight is 251 g/mol. The number of hydrogen-bond acceptors (Lipinski definition) is 2. The Hall–Kier alpha value is -1.29. The molecule has 0 amide bonds. The number of carbonyl (C=O) groups excluding carboxylic acids is 1. The summed E-state index contributed by atoms with van der Waals surface area (Å²) in [6.45, 7) is 0. The van der Waals surface area contributed by atoms with Crippen LogP contribution in [0.25, 0.3) is 0 Å². The number of nitrogens with two attached hydrogens (primary N) is 1. The van der Waals surface area contributed by atoms with Crippen LogP contribution in [0.15, 0.2) is 18.2 Å². The van der Waals surface area contributed by atoms with Gasteiger partial charge in [-0.25, -0.2) is 8.78 Å². The maximum Gasteiger partial charge on any atom is 0.167 e. The average Bonchev–Trinajstić information content (AvgIpc) is 2.87. The molecule has 4 atom stereocenters. The molecule has 1 aromatic carbocycles. The summed E-state index contributed by atoms with van der Waals surface area (Å²) < 4.78 is 26.3. The van der Waals surface area contributed by atoms with E-state index in [4.69, 9.17) is 5.73 Å². The van der Waals surface area contributed by atoms with Crippen molar-refractivity contribution < 1.29 is 13.6 Å². The molecule has 3 rings (SSSR count). The SMILES string of the molecule is NC1C2CCC(C2)C1C(=O)c1cc(F)cc(F)c1. The lowest BCUT2D eigenvalue weighted by molar-refractivity contribution is 0.0855. The van der Waals surface area contributed by atoms with E-state index in [0.717, 1.165) is 37.5 Å². The topological polar surface area (TPSA) is 43.1 Å². The van der Waals surface area contributed by atoms with Crippen LogP contribution in [0, 0.1) is 29.4 Å². The zero-order valence-corrected chi connectivity index (χ0v) is 9.90. The van der Waals surface area contributed by atoms with E-state index in [1.54, 1.807) is 0 Å². The summed E-state index contributed by atoms with van der Waals surface area (Å²) in [5.74, 6) is -1.19. The molecular formula is C14H15F2NO. The number of hydrogen-bond donors (Lipinski definition) is 1. The summed E-state index contributed by atoms with van der Waals surface area (Å²) in [5.41, 5.74) is 6.18. The van der Waals surface area contributed by atoms with Crippen molar-refractivity contribution in [1.29, 1.82) is 0 Å². The zero-order chi connectivity index (χ0) is 12.9. The number of ketones is 1. The lowest BCUT2D eigenvalue weighted by Crippen LogP contribution is -2.40. The molecule has 0 heterocycles. The standard InChI is InChI=1S/C14H15F2NO/c15-10-4-9(5-11(16)6-10)14(18)12-7-1-2-8(3-7)13(12)17/h4-8,12-13H,1-3,17H2. The first-order valence-corrected chi connectivity index (χ1v) is 6.32. The first-order chi connectivity index (χ1) is 8.56. The minimum Gasteiger partial charge on any atom is -0.327 e. The smallest absolute Gasteiger partial charge is 0.167 e. The van der Waals surface area contributed by atoms with Crippen molar-refractivity contribution >= 4 is 5.78 Å². The third-order valence-electron chi connectivity index (χ3n) is 4.43. The molecule has 0 spiro atoms. The fraction of sp³-hybridized carbons (Fsp3) is 0.500. The van der Waals surface area contributed by atoms with Gasteiger partial charge in [-0.2, -0.15) is 0 Å². The second-order valence-electron chi connectivity index (χ2n) is 5.46. The molecule has 0 saturated heterocycles. The molecule has 4 heteroatoms. The van der Waals surface area contributed by atoms with E-state index in [0.29, 0.717) is 11.8 Å². The number of rotatable bonds is 2. The van der Waals surface area contributed by atoms with Crippen LogP contribution in [0.1, 0.15) is 29.6 Å². The number of fused-ring (bicyclic) bond motifs is 2. The quantitative estimate of drug-likeness (QED) is 0.821. The molecule has 2 fully saturated rings. The van der Waals surface area contributed by atoms with Gasteiger partial charge < -0.3 is 5.73 Å². The Morgan fingerprint density at radius 3 is 2.28 bits per heavy atom. The van der Waals surface area contributed by atoms with Gasteiger partial charge in [-0.05, 0) is 43.2 Å². The van der Waals surface area contributed by atoms with Crippen LogP contribution in [0.3, 0.4) is 0 Å². The molecule has 0 aromatic heterocycles. The summed E-state index contributed by atoms with van der Waals surface area (Å²) in [4.78, 5) is 12.3. The van der Waals surface area contributed by atoms with Crippen LogP contribution in [0.5, 0.6) is 0 Å². The van der Waals surface area contributed by atoms with Gasteiger partial charge in [0.15, 0.2) is 5.78 Å². The summed E-state index contributed by atoms with van der Waals surface area (Å²) in [7, 11) is 0. The Kier molecular flexibility index (Phi) is 2.70. The molecule has 2 N–H and O–H groups in total. The Balaban J connectivity index is 1.90. The minimum absolute atomic E-state index is 0.112. The minimum atomic E-state index is -0.713. The van der Waals surface area contributed by atoms with Gasteiger partial charge >= 0.3 is 0 Å². The van der Waals surface area contributed by atoms with Crippen LogP contribution in [0.2, 0.25) is 0 Å². The Labute approximate surface area is 104 Å². The first kappa shape index (κ1) is 11.8. The number of carbonyl (C=O) groups is 1. The van der Waals surface area contributed by atoms with Crippen LogP contribution in [-0.2, 0) is 0 Å². The number of halogens is 2. The number of Topliss-reactive ketones (excluding diaryl/α,β-unsaturated/α-hetero) is 1. The molecule has 2 nitrogen and oxygen atoms in total. The monoisotopic (exact) mass is 251 g/mol. The fourth-order valence-corrected chi connectivity index (χ4v) is 3.61. The van der Waals surface area contributed by atoms with E-state index in [-0.39, 0.29) is 23.3 Å². The third kappa shape index (κ3) is 1.75. The maximum absolute atomic E-state index is 13.1. The summed E-state index contributed by atoms with van der Waals surface area (Å²) in [6, 6.07) is 2.83. The van der Waals surface area contributed by atoms with Gasteiger partial charge in [0.2, 0.25) is 0 Å². The highest BCUT2D eigenvalue weighted by Crippen LogP contribution is 2.48. The highest BCUT2D eigenvalue weighted by Gasteiger charge is 2.49. The molecule has 2 aliphatic rings. The van der Waals surface area contributed by atoms with E-state index in [9.17, 15) is 13.6 Å². The van der Waals surface area contributed by atoms with Crippen molar-refractivity contribution in [3.8, 4) is 0 Å². The van der Waals surface area contributed by atoms with Crippen molar-refractivity contribution in [2.24, 2.45) is 23.5 Å². The molecule has 18 heavy (non-hydrogen) atoms. The lowest BCUT2D eigenvalue weighted by atomic mass is 9.80. The van der Waals surface area contributed by atoms with Crippen molar-refractivity contribution in [3.05, 3.63) is 35.4 Å². The van der Waals surface area contributed by atoms with Crippen molar-refractivity contribution in [2.45, 2.75) is 25.3 Å². The normalized spacial score (nSPS) is 33.9. The fourth-order valence-electron chi connectivity index (χ4n) is 3.61. The third-order valence-corrected chi connectivity index (χ3v) is 4.43. The summed E-state index contributed by atoms with van der Waals surface area (Å²) in [6.07, 6.45) is 3.06. The van der Waals surface area contributed by atoms with Crippen molar-refractivity contribution in [2.75, 3.05) is 0 Å². The predicted octanol–water partition coefficient (Wildman–Crippen LogP) is 2.52. The van der Waals surface area contributed by atoms with Gasteiger partial charge in [0.25, 0.3) is 0 Å². The second kappa shape index (κ2) is 4.12. The zero-order valence-electron chi connectivity index (χ0n) is 9.90. The van der Waals surface area contributed by atoms with Gasteiger partial charge in [-0.3, -0.25) is 4.79 Å². The molecule has 2 aliphatic carbocycles. The van der Waals surface area contributed by atoms with Gasteiger partial charge in [0.1, 0.15) is 11.6 Å². The maximum atomic E-state index is 13.1. The van der Waals surface area contributed by atoms with Crippen LogP contribution < -0.4 is 5.73 Å². The van der Waals surface area contributed by atoms with E-state index in [2.05, 4.69) is 0 Å². The van der Waals surface area contributed by atoms with Crippen molar-refractivity contribution in [1.82, 2.24) is 0 Å². The van der Waals surface area contributed by atoms with E-state index in [1.165, 1.54) is 0 Å². The van der Waals surface area contributed by atoms with Gasteiger partial charge in [-0.1, -0.05) is 0 Å². The summed E-state index contributed by atoms with van der Waals surface area (Å²) >= 11 is 0. The van der Waals surface area contributed by atoms with Crippen LogP contribution >= 0.6 is 0 Å². The molecule has 0 aliphatic heterocycles. The molecule has 1 aromatic rings. The largest absolute Gasteiger partial charge is 0.327 e. The van der Waals surface area contributed by atoms with E-state index in [1.807, 2.05) is 0 Å². The Morgan fingerprint density at radius 1 is 1.11 bits per heavy atom. The summed E-state index contributed by atoms with van der Waals surface area (Å²) in [5, 5.41) is 0. The molecule has 4 unspecified atom stereocenters. The predicted molar refractivity (Wildman–Crippen MR) is 63.0 cm³/mol. The van der Waals surface area contributed by atoms with Crippen LogP contribution in [0.4, 0.5) is 8.78 Å². The van der Waals surface area contributed by atoms with E-state index >= 15 is 0 Å². The highest BCUT2D eigenvalue weighted by atomic mass is 19.1. The second-order valence-corrected chi connectivity index (χ2v) is 5.46. The molecular weight excluding hydrogens is 236 g/mol. The Morgan fingerprint density at radius 2 is 1.72 bits per heavy atom. The van der Waals surface area contributed by atoms with Gasteiger partial charge in [0, 0.05) is 23.6 Å². The number of benzene rings is 1. The highest BCUT2D eigenvalue weighted by molar-refractivity contribution is 5.98. The van der Waals surface area contributed by atoms with E-state index < -0.39 is 11.6 Å².